The highest BCUT2D eigenvalue weighted by atomic mass is 16.4. The molecule has 4 nitrogen and oxygen atoms in total. The first-order chi connectivity index (χ1) is 10.7. The Morgan fingerprint density at radius 3 is 2.09 bits per heavy atom. The van der Waals surface area contributed by atoms with E-state index in [0.29, 0.717) is 5.69 Å². The van der Waals surface area contributed by atoms with E-state index in [-0.39, 0.29) is 11.3 Å². The smallest absolute Gasteiger partial charge is 0.340 e. The number of hydrogen-bond donors (Lipinski definition) is 2. The minimum Gasteiger partial charge on any atom is -0.478 e. The third-order valence-electron chi connectivity index (χ3n) is 3.46. The topological polar surface area (TPSA) is 76.2 Å². The standard InChI is InChI=1S/C18H14N2O2/c19-15-10-11-20-17(16(15)18(21)22)14-8-6-13(7-9-14)12-4-2-1-3-5-12/h1-11H,(H2,19,20)(H,21,22). The quantitative estimate of drug-likeness (QED) is 0.771. The third kappa shape index (κ3) is 2.54. The number of anilines is 1. The van der Waals surface area contributed by atoms with E-state index in [1.807, 2.05) is 54.6 Å². The van der Waals surface area contributed by atoms with E-state index >= 15 is 0 Å². The average Bonchev–Trinajstić information content (AvgIpc) is 2.55. The molecule has 3 aromatic rings. The van der Waals surface area contributed by atoms with E-state index in [1.54, 1.807) is 0 Å². The Kier molecular flexibility index (Phi) is 3.58. The first-order valence-corrected chi connectivity index (χ1v) is 6.80. The van der Waals surface area contributed by atoms with Crippen molar-refractivity contribution < 1.29 is 9.90 Å². The second-order valence-corrected chi connectivity index (χ2v) is 4.87. The molecule has 0 bridgehead atoms. The number of pyridine rings is 1. The van der Waals surface area contributed by atoms with Gasteiger partial charge in [-0.1, -0.05) is 54.6 Å². The van der Waals surface area contributed by atoms with E-state index in [0.717, 1.165) is 16.7 Å². The Labute approximate surface area is 127 Å². The maximum Gasteiger partial charge on any atom is 0.340 e. The normalized spacial score (nSPS) is 10.4. The molecule has 0 saturated carbocycles. The maximum absolute atomic E-state index is 11.4. The number of nitrogens with zero attached hydrogens (tertiary/aromatic N) is 1. The number of carboxylic acids is 1. The lowest BCUT2D eigenvalue weighted by molar-refractivity contribution is 0.0698. The molecule has 3 N–H and O–H groups in total. The summed E-state index contributed by atoms with van der Waals surface area (Å²) in [6.07, 6.45) is 1.52. The molecule has 3 rings (SSSR count). The Balaban J connectivity index is 2.04. The highest BCUT2D eigenvalue weighted by molar-refractivity contribution is 6.00. The molecule has 1 aromatic heterocycles. The van der Waals surface area contributed by atoms with Crippen molar-refractivity contribution in [3.8, 4) is 22.4 Å². The van der Waals surface area contributed by atoms with Gasteiger partial charge in [-0.05, 0) is 17.2 Å². The highest BCUT2D eigenvalue weighted by Crippen LogP contribution is 2.28. The van der Waals surface area contributed by atoms with Crippen molar-refractivity contribution in [3.05, 3.63) is 72.4 Å². The van der Waals surface area contributed by atoms with Gasteiger partial charge < -0.3 is 10.8 Å². The van der Waals surface area contributed by atoms with Crippen molar-refractivity contribution in [2.24, 2.45) is 0 Å². The molecule has 2 aromatic carbocycles. The van der Waals surface area contributed by atoms with Gasteiger partial charge in [0.2, 0.25) is 0 Å². The summed E-state index contributed by atoms with van der Waals surface area (Å²) >= 11 is 0. The summed E-state index contributed by atoms with van der Waals surface area (Å²) in [5.41, 5.74) is 9.28. The Morgan fingerprint density at radius 1 is 0.864 bits per heavy atom. The van der Waals surface area contributed by atoms with Crippen LogP contribution in [0.25, 0.3) is 22.4 Å². The molecule has 0 aliphatic rings. The Bertz CT molecular complexity index is 812. The zero-order chi connectivity index (χ0) is 15.5. The number of carboxylic acid groups (broad SMARTS) is 1. The number of aromatic carboxylic acids is 1. The van der Waals surface area contributed by atoms with Gasteiger partial charge in [0.05, 0.1) is 5.69 Å². The van der Waals surface area contributed by atoms with Crippen molar-refractivity contribution in [2.75, 3.05) is 5.73 Å². The van der Waals surface area contributed by atoms with E-state index in [1.165, 1.54) is 12.3 Å². The zero-order valence-electron chi connectivity index (χ0n) is 11.7. The SMILES string of the molecule is Nc1ccnc(-c2ccc(-c3ccccc3)cc2)c1C(=O)O. The van der Waals surface area contributed by atoms with Crippen molar-refractivity contribution in [2.45, 2.75) is 0 Å². The van der Waals surface area contributed by atoms with Gasteiger partial charge in [-0.25, -0.2) is 4.79 Å². The maximum atomic E-state index is 11.4. The number of benzene rings is 2. The summed E-state index contributed by atoms with van der Waals surface area (Å²) in [6, 6.07) is 19.1. The molecule has 0 aliphatic carbocycles. The minimum atomic E-state index is -1.08. The minimum absolute atomic E-state index is 0.0370. The van der Waals surface area contributed by atoms with Crippen LogP contribution in [0.5, 0.6) is 0 Å². The van der Waals surface area contributed by atoms with Crippen LogP contribution in [-0.2, 0) is 0 Å². The summed E-state index contributed by atoms with van der Waals surface area (Å²) in [5.74, 6) is -1.08. The van der Waals surface area contributed by atoms with Crippen LogP contribution in [0.3, 0.4) is 0 Å². The molecule has 0 saturated heterocycles. The van der Waals surface area contributed by atoms with Crippen LogP contribution in [0.4, 0.5) is 5.69 Å². The van der Waals surface area contributed by atoms with Gasteiger partial charge in [-0.15, -0.1) is 0 Å². The fourth-order valence-electron chi connectivity index (χ4n) is 2.37. The van der Waals surface area contributed by atoms with E-state index < -0.39 is 5.97 Å². The predicted molar refractivity (Wildman–Crippen MR) is 86.5 cm³/mol. The van der Waals surface area contributed by atoms with E-state index in [2.05, 4.69) is 4.98 Å². The predicted octanol–water partition coefficient (Wildman–Crippen LogP) is 3.70. The van der Waals surface area contributed by atoms with E-state index in [9.17, 15) is 9.90 Å². The molecular weight excluding hydrogens is 276 g/mol. The molecule has 1 heterocycles. The summed E-state index contributed by atoms with van der Waals surface area (Å²) in [7, 11) is 0. The molecule has 0 unspecified atom stereocenters. The molecule has 108 valence electrons. The fourth-order valence-corrected chi connectivity index (χ4v) is 2.37. The monoisotopic (exact) mass is 290 g/mol. The molecule has 4 heteroatoms. The van der Waals surface area contributed by atoms with Crippen LogP contribution in [0.1, 0.15) is 10.4 Å². The van der Waals surface area contributed by atoms with Crippen LogP contribution in [0.2, 0.25) is 0 Å². The molecule has 0 spiro atoms. The number of carbonyl (C=O) groups is 1. The van der Waals surface area contributed by atoms with Gasteiger partial charge in [-0.2, -0.15) is 0 Å². The molecule has 0 fully saturated rings. The van der Waals surface area contributed by atoms with Crippen LogP contribution in [0.15, 0.2) is 66.9 Å². The van der Waals surface area contributed by atoms with Crippen molar-refractivity contribution in [1.82, 2.24) is 4.98 Å². The van der Waals surface area contributed by atoms with Gasteiger partial charge in [0.25, 0.3) is 0 Å². The van der Waals surface area contributed by atoms with Gasteiger partial charge in [0.15, 0.2) is 0 Å². The number of nitrogens with two attached hydrogens (primary N) is 1. The first-order valence-electron chi connectivity index (χ1n) is 6.80. The number of rotatable bonds is 3. The van der Waals surface area contributed by atoms with Crippen LogP contribution < -0.4 is 5.73 Å². The van der Waals surface area contributed by atoms with Gasteiger partial charge in [0, 0.05) is 17.4 Å². The summed E-state index contributed by atoms with van der Waals surface area (Å²) in [4.78, 5) is 15.6. The lowest BCUT2D eigenvalue weighted by atomic mass is 10.00. The molecule has 22 heavy (non-hydrogen) atoms. The Hall–Kier alpha value is -3.14. The summed E-state index contributed by atoms with van der Waals surface area (Å²) in [5, 5.41) is 9.32. The number of aromatic nitrogens is 1. The van der Waals surface area contributed by atoms with Gasteiger partial charge >= 0.3 is 5.97 Å². The molecular formula is C18H14N2O2. The van der Waals surface area contributed by atoms with Gasteiger partial charge in [0.1, 0.15) is 5.56 Å². The molecule has 0 radical (unpaired) electrons. The molecule has 0 aliphatic heterocycles. The second kappa shape index (κ2) is 5.69. The first kappa shape index (κ1) is 13.8. The van der Waals surface area contributed by atoms with Crippen molar-refractivity contribution in [3.63, 3.8) is 0 Å². The largest absolute Gasteiger partial charge is 0.478 e. The highest BCUT2D eigenvalue weighted by Gasteiger charge is 2.16. The second-order valence-electron chi connectivity index (χ2n) is 4.87. The van der Waals surface area contributed by atoms with Crippen LogP contribution >= 0.6 is 0 Å². The lowest BCUT2D eigenvalue weighted by Crippen LogP contribution is -2.06. The van der Waals surface area contributed by atoms with Crippen LogP contribution in [-0.4, -0.2) is 16.1 Å². The summed E-state index contributed by atoms with van der Waals surface area (Å²) < 4.78 is 0. The molecule has 0 atom stereocenters. The van der Waals surface area contributed by atoms with Crippen molar-refractivity contribution >= 4 is 11.7 Å². The fraction of sp³-hybridized carbons (Fsp3) is 0. The zero-order valence-corrected chi connectivity index (χ0v) is 11.7. The molecule has 0 amide bonds. The van der Waals surface area contributed by atoms with Gasteiger partial charge in [-0.3, -0.25) is 4.98 Å². The number of hydrogen-bond acceptors (Lipinski definition) is 3. The van der Waals surface area contributed by atoms with Crippen molar-refractivity contribution in [1.29, 1.82) is 0 Å². The number of nitrogen functional groups attached to an aromatic ring is 1. The summed E-state index contributed by atoms with van der Waals surface area (Å²) in [6.45, 7) is 0. The lowest BCUT2D eigenvalue weighted by Gasteiger charge is -2.09. The Morgan fingerprint density at radius 2 is 1.45 bits per heavy atom. The van der Waals surface area contributed by atoms with Crippen LogP contribution in [0, 0.1) is 0 Å². The average molecular weight is 290 g/mol. The van der Waals surface area contributed by atoms with E-state index in [4.69, 9.17) is 5.73 Å². The third-order valence-corrected chi connectivity index (χ3v) is 3.46.